The van der Waals surface area contributed by atoms with Gasteiger partial charge in [0.1, 0.15) is 24.0 Å². The first-order chi connectivity index (χ1) is 20.7. The van der Waals surface area contributed by atoms with Crippen molar-refractivity contribution < 1.29 is 41.7 Å². The Kier molecular flexibility index (Phi) is 7.09. The van der Waals surface area contributed by atoms with Gasteiger partial charge in [0.15, 0.2) is 28.8 Å². The number of ether oxygens (including phenoxy) is 5. The van der Waals surface area contributed by atoms with Gasteiger partial charge in [0.25, 0.3) is 0 Å². The van der Waals surface area contributed by atoms with E-state index in [1.807, 2.05) is 0 Å². The van der Waals surface area contributed by atoms with E-state index in [4.69, 9.17) is 14.2 Å². The van der Waals surface area contributed by atoms with Crippen molar-refractivity contribution in [2.45, 2.75) is 44.7 Å². The zero-order chi connectivity index (χ0) is 30.3. The van der Waals surface area contributed by atoms with Crippen LogP contribution in [0.2, 0.25) is 0 Å². The molecule has 1 aromatic heterocycles. The Hall–Kier alpha value is -5.18. The maximum Gasteiger partial charge on any atom is 0.586 e. The number of fused-ring (bicyclic) bond motifs is 2. The van der Waals surface area contributed by atoms with Gasteiger partial charge in [-0.3, -0.25) is 0 Å². The monoisotopic (exact) mass is 591 g/mol. The van der Waals surface area contributed by atoms with E-state index in [9.17, 15) is 23.2 Å². The molecule has 6 rings (SSSR count). The first-order valence-corrected chi connectivity index (χ1v) is 13.4. The Labute approximate surface area is 243 Å². The summed E-state index contributed by atoms with van der Waals surface area (Å²) in [5, 5.41) is 14.3. The molecule has 0 N–H and O–H groups in total. The van der Waals surface area contributed by atoms with Gasteiger partial charge in [-0.05, 0) is 80.3 Å². The highest BCUT2D eigenvalue weighted by Crippen LogP contribution is 2.43. The third kappa shape index (κ3) is 5.41. The smallest absolute Gasteiger partial charge is 0.484 e. The van der Waals surface area contributed by atoms with Gasteiger partial charge in [-0.25, -0.2) is 13.9 Å². The molecule has 2 atom stereocenters. The molecule has 0 saturated heterocycles. The molecule has 43 heavy (non-hydrogen) atoms. The number of nitriles is 1. The molecule has 0 fully saturated rings. The molecule has 1 unspecified atom stereocenters. The molecule has 0 saturated carbocycles. The van der Waals surface area contributed by atoms with Gasteiger partial charge in [-0.2, -0.15) is 10.4 Å². The van der Waals surface area contributed by atoms with Gasteiger partial charge in [0, 0.05) is 11.6 Å². The van der Waals surface area contributed by atoms with Gasteiger partial charge < -0.3 is 23.7 Å². The highest BCUT2D eigenvalue weighted by molar-refractivity contribution is 5.89. The largest absolute Gasteiger partial charge is 0.586 e. The second-order valence-corrected chi connectivity index (χ2v) is 10.00. The maximum absolute atomic E-state index is 15.0. The highest BCUT2D eigenvalue weighted by atomic mass is 19.3. The van der Waals surface area contributed by atoms with Crippen LogP contribution in [0.5, 0.6) is 23.0 Å². The number of hydrogen-bond donors (Lipinski definition) is 0. The lowest BCUT2D eigenvalue weighted by molar-refractivity contribution is -0.286. The molecular weight excluding hydrogens is 567 g/mol. The Morgan fingerprint density at radius 2 is 1.88 bits per heavy atom. The van der Waals surface area contributed by atoms with Crippen molar-refractivity contribution in [1.82, 2.24) is 9.78 Å². The molecule has 4 aromatic rings. The molecule has 2 heterocycles. The Bertz CT molecular complexity index is 1750. The fourth-order valence-corrected chi connectivity index (χ4v) is 5.19. The number of halogens is 3. The summed E-state index contributed by atoms with van der Waals surface area (Å²) in [6.45, 7) is 1.64. The number of alkyl halides is 2. The molecule has 220 valence electrons. The van der Waals surface area contributed by atoms with E-state index in [-0.39, 0.29) is 22.9 Å². The summed E-state index contributed by atoms with van der Waals surface area (Å²) in [5.41, 5.74) is 2.90. The van der Waals surface area contributed by atoms with Crippen LogP contribution in [0.3, 0.4) is 0 Å². The number of rotatable bonds is 7. The Balaban J connectivity index is 1.29. The Morgan fingerprint density at radius 3 is 2.63 bits per heavy atom. The number of nitrogens with zero attached hydrogens (tertiary/aromatic N) is 3. The van der Waals surface area contributed by atoms with E-state index in [2.05, 4.69) is 20.6 Å². The van der Waals surface area contributed by atoms with E-state index in [1.54, 1.807) is 35.9 Å². The lowest BCUT2D eigenvalue weighted by Crippen LogP contribution is -2.25. The third-order valence-corrected chi connectivity index (χ3v) is 7.24. The number of benzene rings is 3. The molecule has 0 amide bonds. The maximum atomic E-state index is 15.0. The third-order valence-electron chi connectivity index (χ3n) is 7.24. The average Bonchev–Trinajstić information content (AvgIpc) is 3.54. The van der Waals surface area contributed by atoms with Crippen molar-refractivity contribution >= 4 is 5.97 Å². The minimum Gasteiger partial charge on any atom is -0.484 e. The van der Waals surface area contributed by atoms with E-state index in [0.717, 1.165) is 12.0 Å². The van der Waals surface area contributed by atoms with Crippen LogP contribution in [-0.4, -0.2) is 29.2 Å². The SMILES string of the molecule is COC(=O)c1ccc(O[C@H]2CCCc3c(C#N)nn(-c4ccc(F)c(OC(C)c5ccc6c(c5)OC(F)(F)O6)c4)c32)cc1. The van der Waals surface area contributed by atoms with Crippen LogP contribution in [0.1, 0.15) is 64.8 Å². The molecule has 1 aliphatic heterocycles. The van der Waals surface area contributed by atoms with Crippen LogP contribution < -0.4 is 18.9 Å². The number of aromatic nitrogens is 2. The second-order valence-electron chi connectivity index (χ2n) is 10.00. The average molecular weight is 592 g/mol. The van der Waals surface area contributed by atoms with Crippen molar-refractivity contribution in [1.29, 1.82) is 5.26 Å². The lowest BCUT2D eigenvalue weighted by atomic mass is 9.93. The fraction of sp³-hybridized carbons (Fsp3) is 0.258. The Morgan fingerprint density at radius 1 is 1.12 bits per heavy atom. The van der Waals surface area contributed by atoms with Crippen molar-refractivity contribution in [2.24, 2.45) is 0 Å². The van der Waals surface area contributed by atoms with Crippen LogP contribution in [0.25, 0.3) is 5.69 Å². The van der Waals surface area contributed by atoms with E-state index in [1.165, 1.54) is 43.5 Å². The minimum atomic E-state index is -3.76. The van der Waals surface area contributed by atoms with Gasteiger partial charge in [-0.1, -0.05) is 6.07 Å². The molecule has 0 bridgehead atoms. The summed E-state index contributed by atoms with van der Waals surface area (Å²) in [7, 11) is 1.30. The summed E-state index contributed by atoms with van der Waals surface area (Å²) in [6, 6.07) is 17.1. The van der Waals surface area contributed by atoms with Crippen molar-refractivity contribution in [3.05, 3.63) is 94.6 Å². The van der Waals surface area contributed by atoms with Crippen molar-refractivity contribution in [2.75, 3.05) is 7.11 Å². The summed E-state index contributed by atoms with van der Waals surface area (Å²) in [5.74, 6) is -0.972. The van der Waals surface area contributed by atoms with E-state index in [0.29, 0.717) is 41.1 Å². The highest BCUT2D eigenvalue weighted by Gasteiger charge is 2.43. The van der Waals surface area contributed by atoms with Gasteiger partial charge >= 0.3 is 12.3 Å². The summed E-state index contributed by atoms with van der Waals surface area (Å²) >= 11 is 0. The van der Waals surface area contributed by atoms with Crippen LogP contribution in [0.15, 0.2) is 60.7 Å². The van der Waals surface area contributed by atoms with Crippen LogP contribution >= 0.6 is 0 Å². The lowest BCUT2D eigenvalue weighted by Gasteiger charge is -2.25. The molecule has 0 spiro atoms. The normalized spacial score (nSPS) is 17.0. The topological polar surface area (TPSA) is 105 Å². The molecule has 3 aromatic carbocycles. The minimum absolute atomic E-state index is 0.109. The number of carbonyl (C=O) groups is 1. The summed E-state index contributed by atoms with van der Waals surface area (Å²) < 4.78 is 69.3. The van der Waals surface area contributed by atoms with Crippen LogP contribution in [0.4, 0.5) is 13.2 Å². The first kappa shape index (κ1) is 28.0. The van der Waals surface area contributed by atoms with Gasteiger partial charge in [0.2, 0.25) is 0 Å². The van der Waals surface area contributed by atoms with Gasteiger partial charge in [0.05, 0.1) is 24.1 Å². The predicted octanol–water partition coefficient (Wildman–Crippen LogP) is 6.59. The molecule has 1 aliphatic carbocycles. The number of esters is 1. The molecule has 2 aliphatic rings. The molecule has 0 radical (unpaired) electrons. The van der Waals surface area contributed by atoms with Crippen LogP contribution in [0, 0.1) is 17.1 Å². The number of carbonyl (C=O) groups excluding carboxylic acids is 1. The molecule has 12 heteroatoms. The fourth-order valence-electron chi connectivity index (χ4n) is 5.19. The summed E-state index contributed by atoms with van der Waals surface area (Å²) in [6.07, 6.45) is -2.99. The predicted molar refractivity (Wildman–Crippen MR) is 144 cm³/mol. The van der Waals surface area contributed by atoms with E-state index < -0.39 is 30.3 Å². The zero-order valence-corrected chi connectivity index (χ0v) is 23.0. The van der Waals surface area contributed by atoms with Crippen molar-refractivity contribution in [3.63, 3.8) is 0 Å². The van der Waals surface area contributed by atoms with Crippen LogP contribution in [-0.2, 0) is 11.2 Å². The molecular formula is C31H24F3N3O6. The zero-order valence-electron chi connectivity index (χ0n) is 23.0. The second kappa shape index (κ2) is 10.9. The van der Waals surface area contributed by atoms with Gasteiger partial charge in [-0.15, -0.1) is 8.78 Å². The standard InChI is InChI=1S/C31H24F3N3O6/c1-17(19-8-13-25-28(14-19)43-31(33,34)42-25)40-27-15-20(9-12-23(27)32)37-29-22(24(16-35)36-37)4-3-5-26(29)41-21-10-6-18(7-11-21)30(38)39-2/h6-15,17,26H,3-5H2,1-2H3/t17?,26-/m0/s1. The van der Waals surface area contributed by atoms with E-state index >= 15 is 0 Å². The first-order valence-electron chi connectivity index (χ1n) is 13.4. The van der Waals surface area contributed by atoms with Crippen molar-refractivity contribution in [3.8, 4) is 34.8 Å². The summed E-state index contributed by atoms with van der Waals surface area (Å²) in [4.78, 5) is 11.8. The number of hydrogen-bond acceptors (Lipinski definition) is 8. The molecule has 9 nitrogen and oxygen atoms in total. The quantitative estimate of drug-likeness (QED) is 0.222. The number of methoxy groups -OCH3 is 1.